The van der Waals surface area contributed by atoms with Gasteiger partial charge in [0.25, 0.3) is 0 Å². The summed E-state index contributed by atoms with van der Waals surface area (Å²) in [5.41, 5.74) is 7.01. The second-order valence-corrected chi connectivity index (χ2v) is 4.94. The van der Waals surface area contributed by atoms with Crippen LogP contribution >= 0.6 is 0 Å². The summed E-state index contributed by atoms with van der Waals surface area (Å²) in [6, 6.07) is 6.30. The molecule has 4 nitrogen and oxygen atoms in total. The van der Waals surface area contributed by atoms with Gasteiger partial charge in [0.1, 0.15) is 0 Å². The Hall–Kier alpha value is -0.970. The normalized spacial score (nSPS) is 19.9. The van der Waals surface area contributed by atoms with Crippen molar-refractivity contribution >= 4 is 0 Å². The standard InChI is InChI=1S/C14H23N3O/c1-18-11-12-5-8-17(9-6-12)14(10-15)13-4-2-3-7-16-13/h2-4,7,12,14H,5-6,8-11,15H2,1H3. The van der Waals surface area contributed by atoms with Crippen LogP contribution in [-0.2, 0) is 4.74 Å². The maximum absolute atomic E-state index is 5.92. The van der Waals surface area contributed by atoms with Crippen LogP contribution in [0.2, 0.25) is 0 Å². The Bertz CT molecular complexity index is 336. The molecule has 0 aliphatic carbocycles. The molecule has 18 heavy (non-hydrogen) atoms. The highest BCUT2D eigenvalue weighted by Gasteiger charge is 2.25. The van der Waals surface area contributed by atoms with E-state index >= 15 is 0 Å². The maximum atomic E-state index is 5.92. The minimum absolute atomic E-state index is 0.259. The molecular weight excluding hydrogens is 226 g/mol. The van der Waals surface area contributed by atoms with Gasteiger partial charge in [0.15, 0.2) is 0 Å². The minimum Gasteiger partial charge on any atom is -0.384 e. The summed E-state index contributed by atoms with van der Waals surface area (Å²) in [6.45, 7) is 3.69. The molecule has 0 spiro atoms. The van der Waals surface area contributed by atoms with E-state index in [0.29, 0.717) is 12.5 Å². The van der Waals surface area contributed by atoms with Crippen molar-refractivity contribution in [2.45, 2.75) is 18.9 Å². The summed E-state index contributed by atoms with van der Waals surface area (Å²) in [7, 11) is 1.78. The average Bonchev–Trinajstić information content (AvgIpc) is 2.43. The van der Waals surface area contributed by atoms with E-state index in [1.165, 1.54) is 12.8 Å². The molecule has 0 amide bonds. The maximum Gasteiger partial charge on any atom is 0.0644 e. The van der Waals surface area contributed by atoms with Crippen LogP contribution in [0.1, 0.15) is 24.6 Å². The Balaban J connectivity index is 1.95. The SMILES string of the molecule is COCC1CCN(C(CN)c2ccccn2)CC1. The highest BCUT2D eigenvalue weighted by atomic mass is 16.5. The van der Waals surface area contributed by atoms with Crippen molar-refractivity contribution < 1.29 is 4.74 Å². The molecule has 1 aromatic rings. The van der Waals surface area contributed by atoms with Crippen molar-refractivity contribution in [3.8, 4) is 0 Å². The predicted octanol–water partition coefficient (Wildman–Crippen LogP) is 1.44. The van der Waals surface area contributed by atoms with Crippen molar-refractivity contribution in [3.63, 3.8) is 0 Å². The molecule has 1 aliphatic rings. The van der Waals surface area contributed by atoms with Gasteiger partial charge in [-0.15, -0.1) is 0 Å². The number of nitrogens with two attached hydrogens (primary N) is 1. The van der Waals surface area contributed by atoms with Crippen LogP contribution in [0.15, 0.2) is 24.4 Å². The van der Waals surface area contributed by atoms with Gasteiger partial charge in [0.2, 0.25) is 0 Å². The van der Waals surface area contributed by atoms with Gasteiger partial charge in [0, 0.05) is 26.5 Å². The van der Waals surface area contributed by atoms with Gasteiger partial charge >= 0.3 is 0 Å². The van der Waals surface area contributed by atoms with Crippen molar-refractivity contribution in [3.05, 3.63) is 30.1 Å². The molecular formula is C14H23N3O. The molecule has 0 saturated carbocycles. The van der Waals surface area contributed by atoms with Gasteiger partial charge in [-0.3, -0.25) is 9.88 Å². The number of aromatic nitrogens is 1. The first kappa shape index (κ1) is 13.5. The average molecular weight is 249 g/mol. The van der Waals surface area contributed by atoms with Gasteiger partial charge in [0.05, 0.1) is 11.7 Å². The van der Waals surface area contributed by atoms with Gasteiger partial charge in [-0.1, -0.05) is 6.07 Å². The number of piperidine rings is 1. The van der Waals surface area contributed by atoms with E-state index in [1.54, 1.807) is 7.11 Å². The second-order valence-electron chi connectivity index (χ2n) is 4.94. The summed E-state index contributed by atoms with van der Waals surface area (Å²) in [5.74, 6) is 0.702. The highest BCUT2D eigenvalue weighted by molar-refractivity contribution is 5.09. The Labute approximate surface area is 109 Å². The van der Waals surface area contributed by atoms with Gasteiger partial charge in [-0.25, -0.2) is 0 Å². The molecule has 2 N–H and O–H groups in total. The fourth-order valence-corrected chi connectivity index (χ4v) is 2.70. The van der Waals surface area contributed by atoms with Crippen molar-refractivity contribution in [2.24, 2.45) is 11.7 Å². The highest BCUT2D eigenvalue weighted by Crippen LogP contribution is 2.25. The van der Waals surface area contributed by atoms with E-state index in [2.05, 4.69) is 16.0 Å². The van der Waals surface area contributed by atoms with E-state index in [-0.39, 0.29) is 6.04 Å². The van der Waals surface area contributed by atoms with E-state index < -0.39 is 0 Å². The van der Waals surface area contributed by atoms with Crippen molar-refractivity contribution in [1.82, 2.24) is 9.88 Å². The van der Waals surface area contributed by atoms with Gasteiger partial charge in [-0.05, 0) is 44.0 Å². The van der Waals surface area contributed by atoms with Crippen molar-refractivity contribution in [2.75, 3.05) is 33.4 Å². The Morgan fingerprint density at radius 3 is 2.78 bits per heavy atom. The molecule has 4 heteroatoms. The molecule has 0 bridgehead atoms. The molecule has 2 rings (SSSR count). The molecule has 1 atom stereocenters. The molecule has 2 heterocycles. The number of rotatable bonds is 5. The van der Waals surface area contributed by atoms with Crippen LogP contribution in [0.25, 0.3) is 0 Å². The molecule has 0 aromatic carbocycles. The Morgan fingerprint density at radius 1 is 1.44 bits per heavy atom. The number of likely N-dealkylation sites (tertiary alicyclic amines) is 1. The second kappa shape index (κ2) is 6.83. The molecule has 1 saturated heterocycles. The Kier molecular flexibility index (Phi) is 5.11. The third kappa shape index (κ3) is 3.28. The molecule has 1 aliphatic heterocycles. The fraction of sp³-hybridized carbons (Fsp3) is 0.643. The summed E-state index contributed by atoms with van der Waals surface area (Å²) in [6.07, 6.45) is 4.23. The number of ether oxygens (including phenoxy) is 1. The summed E-state index contributed by atoms with van der Waals surface area (Å²) >= 11 is 0. The largest absolute Gasteiger partial charge is 0.384 e. The van der Waals surface area contributed by atoms with Crippen LogP contribution < -0.4 is 5.73 Å². The van der Waals surface area contributed by atoms with E-state index in [0.717, 1.165) is 25.4 Å². The molecule has 1 unspecified atom stereocenters. The lowest BCUT2D eigenvalue weighted by Crippen LogP contribution is -2.40. The van der Waals surface area contributed by atoms with E-state index in [4.69, 9.17) is 10.5 Å². The first-order valence-electron chi connectivity index (χ1n) is 6.69. The minimum atomic E-state index is 0.259. The molecule has 100 valence electrons. The third-order valence-corrected chi connectivity index (χ3v) is 3.74. The van der Waals surface area contributed by atoms with E-state index in [9.17, 15) is 0 Å². The quantitative estimate of drug-likeness (QED) is 0.858. The third-order valence-electron chi connectivity index (χ3n) is 3.74. The summed E-state index contributed by atoms with van der Waals surface area (Å²) < 4.78 is 5.23. The molecule has 0 radical (unpaired) electrons. The smallest absolute Gasteiger partial charge is 0.0644 e. The number of methoxy groups -OCH3 is 1. The van der Waals surface area contributed by atoms with Gasteiger partial charge in [-0.2, -0.15) is 0 Å². The zero-order chi connectivity index (χ0) is 12.8. The van der Waals surface area contributed by atoms with E-state index in [1.807, 2.05) is 18.3 Å². The van der Waals surface area contributed by atoms with Crippen LogP contribution in [0, 0.1) is 5.92 Å². The summed E-state index contributed by atoms with van der Waals surface area (Å²) in [4.78, 5) is 6.89. The van der Waals surface area contributed by atoms with Gasteiger partial charge < -0.3 is 10.5 Å². The zero-order valence-electron chi connectivity index (χ0n) is 11.1. The molecule has 1 fully saturated rings. The lowest BCUT2D eigenvalue weighted by atomic mass is 9.96. The monoisotopic (exact) mass is 249 g/mol. The van der Waals surface area contributed by atoms with Crippen molar-refractivity contribution in [1.29, 1.82) is 0 Å². The lowest BCUT2D eigenvalue weighted by Gasteiger charge is -2.36. The number of hydrogen-bond acceptors (Lipinski definition) is 4. The first-order chi connectivity index (χ1) is 8.85. The van der Waals surface area contributed by atoms with Crippen LogP contribution in [0.5, 0.6) is 0 Å². The molecule has 1 aromatic heterocycles. The Morgan fingerprint density at radius 2 is 2.22 bits per heavy atom. The van der Waals surface area contributed by atoms with Crippen LogP contribution in [0.3, 0.4) is 0 Å². The first-order valence-corrected chi connectivity index (χ1v) is 6.69. The zero-order valence-corrected chi connectivity index (χ0v) is 11.1. The number of pyridine rings is 1. The van der Waals surface area contributed by atoms with Crippen LogP contribution in [0.4, 0.5) is 0 Å². The predicted molar refractivity (Wildman–Crippen MR) is 72.2 cm³/mol. The fourth-order valence-electron chi connectivity index (χ4n) is 2.70. The number of hydrogen-bond donors (Lipinski definition) is 1. The summed E-state index contributed by atoms with van der Waals surface area (Å²) in [5, 5.41) is 0. The van der Waals surface area contributed by atoms with Crippen LogP contribution in [-0.4, -0.2) is 43.2 Å². The lowest BCUT2D eigenvalue weighted by molar-refractivity contribution is 0.0801. The topological polar surface area (TPSA) is 51.4 Å². The number of nitrogens with zero attached hydrogens (tertiary/aromatic N) is 2.